The van der Waals surface area contributed by atoms with E-state index in [2.05, 4.69) is 6.58 Å². The van der Waals surface area contributed by atoms with Crippen LogP contribution in [0.4, 0.5) is 0 Å². The summed E-state index contributed by atoms with van der Waals surface area (Å²) >= 11 is 0. The van der Waals surface area contributed by atoms with Crippen molar-refractivity contribution in [3.05, 3.63) is 36.0 Å². The molecule has 4 aliphatic rings. The summed E-state index contributed by atoms with van der Waals surface area (Å²) < 4.78 is 35.3. The molecule has 1 saturated carbocycles. The van der Waals surface area contributed by atoms with Crippen LogP contribution >= 0.6 is 0 Å². The summed E-state index contributed by atoms with van der Waals surface area (Å²) in [5, 5.41) is 32.8. The van der Waals surface area contributed by atoms with Crippen LogP contribution in [0.1, 0.15) is 98.3 Å². The molecule has 1 aliphatic carbocycles. The number of aliphatic carboxylic acids is 1. The third-order valence-electron chi connectivity index (χ3n) is 13.0. The molecule has 61 heavy (non-hydrogen) atoms. The van der Waals surface area contributed by atoms with Gasteiger partial charge in [0.2, 0.25) is 5.79 Å². The maximum atomic E-state index is 14.3. The number of cyclic esters (lactones) is 1. The first kappa shape index (κ1) is 50.3. The van der Waals surface area contributed by atoms with E-state index in [9.17, 15) is 34.2 Å². The molecule has 2 saturated heterocycles. The largest absolute Gasteiger partial charge is 0.480 e. The highest BCUT2D eigenvalue weighted by Gasteiger charge is 2.56. The Labute approximate surface area is 360 Å². The van der Waals surface area contributed by atoms with Crippen LogP contribution in [0.5, 0.6) is 0 Å². The lowest BCUT2D eigenvalue weighted by Gasteiger charge is -2.47. The zero-order valence-corrected chi connectivity index (χ0v) is 37.0. The lowest BCUT2D eigenvalue weighted by atomic mass is 9.82. The van der Waals surface area contributed by atoms with E-state index in [4.69, 9.17) is 39.3 Å². The third-order valence-corrected chi connectivity index (χ3v) is 13.0. The number of nitrogens with two attached hydrogens (primary N) is 1. The number of fused-ring (bicyclic) bond motifs is 3. The van der Waals surface area contributed by atoms with Crippen molar-refractivity contribution >= 4 is 29.4 Å². The maximum absolute atomic E-state index is 14.3. The Morgan fingerprint density at radius 1 is 0.984 bits per heavy atom. The van der Waals surface area contributed by atoms with Crippen molar-refractivity contribution in [3.8, 4) is 0 Å². The predicted octanol–water partition coefficient (Wildman–Crippen LogP) is 3.44. The number of allylic oxidation sites excluding steroid dienone is 4. The quantitative estimate of drug-likeness (QED) is 0.140. The third kappa shape index (κ3) is 12.6. The highest BCUT2D eigenvalue weighted by atomic mass is 16.7. The fraction of sp³-hybridized carbons (Fsp3) is 0.756. The molecule has 16 nitrogen and oxygen atoms in total. The SMILES string of the molecule is C=CC[C@@H]1/C=C(\C)C[C@H](C)C[C@H](OC)[C@H]2O[C@@](O)(C(=O)C(=O)N3CCCC[C@H]3C(=O)O[C@H](/C(C)=C/C3CC[C@@H](OCC(=O)O)[C@H](OC)C3)[C@H](N)[C@@H](O)CC1=O)[C@H](C)C[C@@H]2OC. The van der Waals surface area contributed by atoms with Gasteiger partial charge in [-0.15, -0.1) is 6.58 Å². The summed E-state index contributed by atoms with van der Waals surface area (Å²) in [7, 11) is 4.53. The van der Waals surface area contributed by atoms with Crippen LogP contribution < -0.4 is 5.73 Å². The number of amides is 1. The van der Waals surface area contributed by atoms with Gasteiger partial charge in [0.15, 0.2) is 0 Å². The van der Waals surface area contributed by atoms with Crippen molar-refractivity contribution in [2.24, 2.45) is 29.4 Å². The van der Waals surface area contributed by atoms with Crippen LogP contribution in [0.3, 0.4) is 0 Å². The number of ether oxygens (including phenoxy) is 6. The number of hydrogen-bond acceptors (Lipinski definition) is 14. The van der Waals surface area contributed by atoms with Gasteiger partial charge in [0.1, 0.15) is 30.6 Å². The first-order valence-electron chi connectivity index (χ1n) is 21.7. The number of carbonyl (C=O) groups excluding carboxylic acids is 4. The predicted molar refractivity (Wildman–Crippen MR) is 223 cm³/mol. The van der Waals surface area contributed by atoms with Crippen LogP contribution in [0.2, 0.25) is 0 Å². The number of hydrogen-bond donors (Lipinski definition) is 4. The van der Waals surface area contributed by atoms with E-state index in [0.717, 1.165) is 10.5 Å². The van der Waals surface area contributed by atoms with Gasteiger partial charge in [-0.25, -0.2) is 9.59 Å². The van der Waals surface area contributed by atoms with Crippen LogP contribution in [0.25, 0.3) is 0 Å². The van der Waals surface area contributed by atoms with E-state index < -0.39 is 103 Å². The van der Waals surface area contributed by atoms with Crippen LogP contribution in [-0.2, 0) is 52.4 Å². The molecular weight excluding hydrogens is 792 g/mol. The van der Waals surface area contributed by atoms with Crippen molar-refractivity contribution in [3.63, 3.8) is 0 Å². The van der Waals surface area contributed by atoms with Crippen LogP contribution in [0, 0.1) is 23.7 Å². The van der Waals surface area contributed by atoms with E-state index in [0.29, 0.717) is 56.9 Å². The van der Waals surface area contributed by atoms with E-state index in [1.165, 1.54) is 21.3 Å². The molecule has 344 valence electrons. The minimum atomic E-state index is -2.55. The van der Waals surface area contributed by atoms with Crippen molar-refractivity contribution < 1.29 is 67.7 Å². The minimum absolute atomic E-state index is 0.0287. The monoisotopic (exact) mass is 862 g/mol. The molecular formula is C45H70N2O14. The summed E-state index contributed by atoms with van der Waals surface area (Å²) in [6, 6.07) is -2.52. The van der Waals surface area contributed by atoms with Gasteiger partial charge >= 0.3 is 11.9 Å². The van der Waals surface area contributed by atoms with Crippen LogP contribution in [-0.4, -0.2) is 145 Å². The van der Waals surface area contributed by atoms with Crippen molar-refractivity contribution in [2.45, 2.75) is 159 Å². The molecule has 3 aliphatic heterocycles. The highest BCUT2D eigenvalue weighted by molar-refractivity contribution is 6.39. The molecule has 4 rings (SSSR count). The number of methoxy groups -OCH3 is 3. The van der Waals surface area contributed by atoms with Gasteiger partial charge in [-0.1, -0.05) is 37.6 Å². The Bertz CT molecular complexity index is 1620. The molecule has 1 unspecified atom stereocenters. The molecule has 0 radical (unpaired) electrons. The molecule has 0 aromatic carbocycles. The highest BCUT2D eigenvalue weighted by Crippen LogP contribution is 2.39. The van der Waals surface area contributed by atoms with Crippen molar-refractivity contribution in [1.29, 1.82) is 0 Å². The fourth-order valence-electron chi connectivity index (χ4n) is 9.59. The molecule has 2 bridgehead atoms. The zero-order chi connectivity index (χ0) is 45.2. The summed E-state index contributed by atoms with van der Waals surface area (Å²) in [6.45, 7) is 10.7. The number of nitrogens with zero attached hydrogens (tertiary/aromatic N) is 1. The number of carboxylic acid groups (broad SMARTS) is 1. The van der Waals surface area contributed by atoms with E-state index >= 15 is 0 Å². The molecule has 14 atom stereocenters. The van der Waals surface area contributed by atoms with Gasteiger partial charge < -0.3 is 54.4 Å². The summed E-state index contributed by atoms with van der Waals surface area (Å²) in [5.74, 6) is -8.75. The minimum Gasteiger partial charge on any atom is -0.480 e. The van der Waals surface area contributed by atoms with Gasteiger partial charge in [-0.05, 0) is 95.5 Å². The van der Waals surface area contributed by atoms with Crippen molar-refractivity contribution in [2.75, 3.05) is 34.5 Å². The Hall–Kier alpha value is -3.35. The second-order valence-corrected chi connectivity index (χ2v) is 17.7. The Morgan fingerprint density at radius 2 is 1.66 bits per heavy atom. The lowest BCUT2D eigenvalue weighted by Crippen LogP contribution is -2.64. The number of aliphatic hydroxyl groups is 2. The number of Topliss-reactive ketones (excluding diaryl/α,β-unsaturated/α-hetero) is 2. The average molecular weight is 863 g/mol. The van der Waals surface area contributed by atoms with Gasteiger partial charge in [0.25, 0.3) is 11.7 Å². The van der Waals surface area contributed by atoms with Gasteiger partial charge in [-0.2, -0.15) is 0 Å². The van der Waals surface area contributed by atoms with E-state index in [-0.39, 0.29) is 43.4 Å². The number of carboxylic acids is 1. The number of esters is 1. The molecule has 0 aromatic heterocycles. The summed E-state index contributed by atoms with van der Waals surface area (Å²) in [4.78, 5) is 69.1. The fourth-order valence-corrected chi connectivity index (χ4v) is 9.59. The maximum Gasteiger partial charge on any atom is 0.329 e. The van der Waals surface area contributed by atoms with Gasteiger partial charge in [0.05, 0.1) is 36.6 Å². The average Bonchev–Trinajstić information content (AvgIpc) is 3.23. The standard InChI is InChI=1S/C45H70N2O14/c1-9-12-30-18-25(2)17-26(3)19-36(57-7)41-37(58-8)21-28(5)45(55,61-41)42(52)43(53)47-16-11-10-13-31(47)44(54)60-40(39(46)33(49)23-32(30)48)27(4)20-29-14-15-34(35(22-29)56-6)59-24-38(50)51/h9,18,20,26,28-31,33-37,39-41,49,55H,1,10-17,19,21-24,46H2,2-8H3,(H,50,51)/b25-18+,27-20+/t26-,28+,29?,30+,31-,33-,34+,35+,36-,37-,39+,40+,41+,45+/m0/s1. The second kappa shape index (κ2) is 22.8. The number of ketones is 2. The molecule has 16 heteroatoms. The summed E-state index contributed by atoms with van der Waals surface area (Å²) in [5.41, 5.74) is 8.15. The molecule has 3 fully saturated rings. The Morgan fingerprint density at radius 3 is 2.30 bits per heavy atom. The first-order valence-corrected chi connectivity index (χ1v) is 21.7. The topological polar surface area (TPSA) is 231 Å². The number of piperidine rings is 1. The number of rotatable bonds is 10. The normalized spacial score (nSPS) is 39.0. The smallest absolute Gasteiger partial charge is 0.329 e. The number of aliphatic hydroxyl groups excluding tert-OH is 1. The van der Waals surface area contributed by atoms with E-state index in [1.54, 1.807) is 19.9 Å². The molecule has 3 heterocycles. The Kier molecular flexibility index (Phi) is 18.8. The zero-order valence-electron chi connectivity index (χ0n) is 37.0. The molecule has 1 amide bonds. The molecule has 0 aromatic rings. The van der Waals surface area contributed by atoms with Gasteiger partial charge in [-0.3, -0.25) is 14.4 Å². The van der Waals surface area contributed by atoms with Gasteiger partial charge in [0, 0.05) is 46.1 Å². The van der Waals surface area contributed by atoms with Crippen molar-refractivity contribution in [1.82, 2.24) is 4.90 Å². The summed E-state index contributed by atoms with van der Waals surface area (Å²) in [6.07, 6.45) is 3.46. The van der Waals surface area contributed by atoms with Crippen LogP contribution in [0.15, 0.2) is 36.0 Å². The van der Waals surface area contributed by atoms with E-state index in [1.807, 2.05) is 26.0 Å². The lowest BCUT2D eigenvalue weighted by molar-refractivity contribution is -0.302. The Balaban J connectivity index is 1.76. The number of carbonyl (C=O) groups is 5. The molecule has 0 spiro atoms. The molecule has 5 N–H and O–H groups in total. The second-order valence-electron chi connectivity index (χ2n) is 17.7. The first-order chi connectivity index (χ1) is 28.9.